The number of ether oxygens (including phenoxy) is 1. The normalized spacial score (nSPS) is 11.4. The van der Waals surface area contributed by atoms with Crippen molar-refractivity contribution in [2.24, 2.45) is 7.05 Å². The van der Waals surface area contributed by atoms with Crippen LogP contribution in [0.25, 0.3) is 11.4 Å². The van der Waals surface area contributed by atoms with E-state index in [0.29, 0.717) is 5.56 Å². The van der Waals surface area contributed by atoms with E-state index < -0.39 is 17.8 Å². The quantitative estimate of drug-likeness (QED) is 0.794. The van der Waals surface area contributed by atoms with Crippen LogP contribution in [0.1, 0.15) is 16.2 Å². The molecule has 2 aromatic heterocycles. The van der Waals surface area contributed by atoms with E-state index in [4.69, 9.17) is 0 Å². The highest BCUT2D eigenvalue weighted by Crippen LogP contribution is 2.30. The minimum absolute atomic E-state index is 0.0708. The van der Waals surface area contributed by atoms with Gasteiger partial charge in [-0.15, -0.1) is 0 Å². The Kier molecular flexibility index (Phi) is 3.47. The van der Waals surface area contributed by atoms with Crippen molar-refractivity contribution < 1.29 is 22.7 Å². The summed E-state index contributed by atoms with van der Waals surface area (Å²) in [6.07, 6.45) is -2.34. The number of nitrogens with zero attached hydrogens (tertiary/aromatic N) is 3. The molecule has 0 radical (unpaired) electrons. The standard InChI is InChI=1S/C12H10F3N3O2/c1-18-6-9(12(13,14)15)17-10(18)7-3-4-8(16-5-7)11(19)20-2/h3-6H,1-2H3. The summed E-state index contributed by atoms with van der Waals surface area (Å²) in [4.78, 5) is 18.6. The molecule has 0 N–H and O–H groups in total. The van der Waals surface area contributed by atoms with Crippen molar-refractivity contribution in [3.05, 3.63) is 35.9 Å². The summed E-state index contributed by atoms with van der Waals surface area (Å²) in [5.41, 5.74) is -0.538. The van der Waals surface area contributed by atoms with E-state index in [1.807, 2.05) is 0 Å². The summed E-state index contributed by atoms with van der Waals surface area (Å²) >= 11 is 0. The molecule has 2 heterocycles. The Labute approximate surface area is 112 Å². The largest absolute Gasteiger partial charge is 0.464 e. The first-order valence-corrected chi connectivity index (χ1v) is 5.48. The molecule has 0 spiro atoms. The Morgan fingerprint density at radius 2 is 2.05 bits per heavy atom. The lowest BCUT2D eigenvalue weighted by Gasteiger charge is -2.02. The van der Waals surface area contributed by atoms with E-state index in [2.05, 4.69) is 14.7 Å². The first-order valence-electron chi connectivity index (χ1n) is 5.48. The number of pyridine rings is 1. The maximum Gasteiger partial charge on any atom is 0.434 e. The fourth-order valence-electron chi connectivity index (χ4n) is 1.62. The van der Waals surface area contributed by atoms with Crippen molar-refractivity contribution in [1.29, 1.82) is 0 Å². The van der Waals surface area contributed by atoms with Crippen LogP contribution >= 0.6 is 0 Å². The van der Waals surface area contributed by atoms with Gasteiger partial charge in [-0.25, -0.2) is 14.8 Å². The average Bonchev–Trinajstić information content (AvgIpc) is 2.80. The molecular weight excluding hydrogens is 275 g/mol. The zero-order valence-electron chi connectivity index (χ0n) is 10.6. The van der Waals surface area contributed by atoms with Gasteiger partial charge in [-0.05, 0) is 12.1 Å². The Hall–Kier alpha value is -2.38. The summed E-state index contributed by atoms with van der Waals surface area (Å²) < 4.78 is 43.4. The Bertz CT molecular complexity index is 632. The number of esters is 1. The van der Waals surface area contributed by atoms with E-state index in [1.165, 1.54) is 37.1 Å². The highest BCUT2D eigenvalue weighted by Gasteiger charge is 2.34. The maximum absolute atomic E-state index is 12.6. The molecule has 0 atom stereocenters. The lowest BCUT2D eigenvalue weighted by Crippen LogP contribution is -2.05. The van der Waals surface area contributed by atoms with Gasteiger partial charge in [0.15, 0.2) is 5.69 Å². The van der Waals surface area contributed by atoms with Crippen molar-refractivity contribution >= 4 is 5.97 Å². The van der Waals surface area contributed by atoms with Gasteiger partial charge in [0, 0.05) is 25.0 Å². The molecule has 0 amide bonds. The molecule has 106 valence electrons. The zero-order chi connectivity index (χ0) is 14.9. The van der Waals surface area contributed by atoms with Crippen LogP contribution in [0.3, 0.4) is 0 Å². The predicted molar refractivity (Wildman–Crippen MR) is 62.8 cm³/mol. The van der Waals surface area contributed by atoms with E-state index in [0.717, 1.165) is 6.20 Å². The number of carbonyl (C=O) groups excluding carboxylic acids is 1. The van der Waals surface area contributed by atoms with Crippen LogP contribution in [0, 0.1) is 0 Å². The Balaban J connectivity index is 2.37. The highest BCUT2D eigenvalue weighted by molar-refractivity contribution is 5.87. The van der Waals surface area contributed by atoms with Gasteiger partial charge < -0.3 is 9.30 Å². The van der Waals surface area contributed by atoms with Crippen molar-refractivity contribution in [3.63, 3.8) is 0 Å². The van der Waals surface area contributed by atoms with Gasteiger partial charge in [-0.1, -0.05) is 0 Å². The van der Waals surface area contributed by atoms with Crippen LogP contribution in [0.15, 0.2) is 24.5 Å². The second-order valence-corrected chi connectivity index (χ2v) is 3.98. The van der Waals surface area contributed by atoms with Gasteiger partial charge in [-0.3, -0.25) is 0 Å². The minimum atomic E-state index is -4.50. The third kappa shape index (κ3) is 2.63. The molecule has 0 aliphatic rings. The number of imidazole rings is 1. The molecule has 5 nitrogen and oxygen atoms in total. The number of hydrogen-bond donors (Lipinski definition) is 0. The van der Waals surface area contributed by atoms with Gasteiger partial charge in [0.25, 0.3) is 0 Å². The lowest BCUT2D eigenvalue weighted by molar-refractivity contribution is -0.140. The molecule has 0 saturated carbocycles. The second kappa shape index (κ2) is 4.95. The third-order valence-corrected chi connectivity index (χ3v) is 2.58. The molecule has 2 aromatic rings. The lowest BCUT2D eigenvalue weighted by atomic mass is 10.2. The van der Waals surface area contributed by atoms with Crippen molar-refractivity contribution in [3.8, 4) is 11.4 Å². The fraction of sp³-hybridized carbons (Fsp3) is 0.250. The molecule has 20 heavy (non-hydrogen) atoms. The molecule has 2 rings (SSSR count). The average molecular weight is 285 g/mol. The molecule has 0 fully saturated rings. The van der Waals surface area contributed by atoms with E-state index in [-0.39, 0.29) is 11.5 Å². The molecule has 0 aliphatic carbocycles. The summed E-state index contributed by atoms with van der Waals surface area (Å²) in [5, 5.41) is 0. The van der Waals surface area contributed by atoms with Gasteiger partial charge in [-0.2, -0.15) is 13.2 Å². The Morgan fingerprint density at radius 1 is 1.35 bits per heavy atom. The molecule has 8 heteroatoms. The van der Waals surface area contributed by atoms with Crippen LogP contribution in [0.2, 0.25) is 0 Å². The summed E-state index contributed by atoms with van der Waals surface area (Å²) in [5.74, 6) is -0.506. The first-order chi connectivity index (χ1) is 9.32. The molecule has 0 aliphatic heterocycles. The van der Waals surface area contributed by atoms with E-state index >= 15 is 0 Å². The molecule has 0 aromatic carbocycles. The number of alkyl halides is 3. The Morgan fingerprint density at radius 3 is 2.50 bits per heavy atom. The maximum atomic E-state index is 12.6. The number of aromatic nitrogens is 3. The highest BCUT2D eigenvalue weighted by atomic mass is 19.4. The van der Waals surface area contributed by atoms with Crippen molar-refractivity contribution in [2.45, 2.75) is 6.18 Å². The monoisotopic (exact) mass is 285 g/mol. The molecule has 0 unspecified atom stereocenters. The van der Waals surface area contributed by atoms with Crippen LogP contribution in [-0.4, -0.2) is 27.6 Å². The van der Waals surface area contributed by atoms with Crippen LogP contribution in [0.4, 0.5) is 13.2 Å². The van der Waals surface area contributed by atoms with Gasteiger partial charge >= 0.3 is 12.1 Å². The minimum Gasteiger partial charge on any atom is -0.464 e. The number of hydrogen-bond acceptors (Lipinski definition) is 4. The van der Waals surface area contributed by atoms with Gasteiger partial charge in [0.2, 0.25) is 0 Å². The SMILES string of the molecule is COC(=O)c1ccc(-c2nc(C(F)(F)F)cn2C)cn1. The van der Waals surface area contributed by atoms with Gasteiger partial charge in [0.1, 0.15) is 11.5 Å². The number of halogens is 3. The van der Waals surface area contributed by atoms with Crippen LogP contribution < -0.4 is 0 Å². The summed E-state index contributed by atoms with van der Waals surface area (Å²) in [6.45, 7) is 0. The topological polar surface area (TPSA) is 57.0 Å². The molecule has 0 bridgehead atoms. The summed E-state index contributed by atoms with van der Waals surface area (Å²) in [7, 11) is 2.66. The fourth-order valence-corrected chi connectivity index (χ4v) is 1.62. The smallest absolute Gasteiger partial charge is 0.434 e. The predicted octanol–water partition coefficient (Wildman–Crippen LogP) is 2.29. The van der Waals surface area contributed by atoms with Crippen LogP contribution in [-0.2, 0) is 18.0 Å². The summed E-state index contributed by atoms with van der Waals surface area (Å²) in [6, 6.07) is 2.82. The number of methoxy groups -OCH3 is 1. The number of carbonyl (C=O) groups is 1. The van der Waals surface area contributed by atoms with Crippen LogP contribution in [0.5, 0.6) is 0 Å². The van der Waals surface area contributed by atoms with Gasteiger partial charge in [0.05, 0.1) is 7.11 Å². The first kappa shape index (κ1) is 14.0. The molecular formula is C12H10F3N3O2. The van der Waals surface area contributed by atoms with E-state index in [9.17, 15) is 18.0 Å². The molecule has 0 saturated heterocycles. The zero-order valence-corrected chi connectivity index (χ0v) is 10.6. The van der Waals surface area contributed by atoms with Crippen molar-refractivity contribution in [1.82, 2.24) is 14.5 Å². The van der Waals surface area contributed by atoms with Crippen molar-refractivity contribution in [2.75, 3.05) is 7.11 Å². The number of aryl methyl sites for hydroxylation is 1. The number of rotatable bonds is 2. The van der Waals surface area contributed by atoms with E-state index in [1.54, 1.807) is 0 Å². The second-order valence-electron chi connectivity index (χ2n) is 3.98. The third-order valence-electron chi connectivity index (χ3n) is 2.58.